The van der Waals surface area contributed by atoms with Gasteiger partial charge in [0, 0.05) is 23.4 Å². The van der Waals surface area contributed by atoms with Gasteiger partial charge in [-0.15, -0.1) is 0 Å². The van der Waals surface area contributed by atoms with Crippen molar-refractivity contribution in [1.82, 2.24) is 4.90 Å². The van der Waals surface area contributed by atoms with E-state index < -0.39 is 10.6 Å². The first-order valence-electron chi connectivity index (χ1n) is 8.61. The molecule has 1 N–H and O–H groups in total. The van der Waals surface area contributed by atoms with Crippen molar-refractivity contribution in [2.24, 2.45) is 0 Å². The Bertz CT molecular complexity index is 871. The minimum Gasteiger partial charge on any atom is -0.346 e. The molecule has 0 spiro atoms. The predicted octanol–water partition coefficient (Wildman–Crippen LogP) is 2.76. The Kier molecular flexibility index (Phi) is 4.42. The molecule has 0 saturated carbocycles. The quantitative estimate of drug-likeness (QED) is 0.509. The molecule has 26 heavy (non-hydrogen) atoms. The van der Waals surface area contributed by atoms with Gasteiger partial charge in [0.2, 0.25) is 0 Å². The Morgan fingerprint density at radius 3 is 2.81 bits per heavy atom. The van der Waals surface area contributed by atoms with E-state index in [0.29, 0.717) is 18.7 Å². The van der Waals surface area contributed by atoms with Crippen molar-refractivity contribution in [1.29, 1.82) is 0 Å². The van der Waals surface area contributed by atoms with Gasteiger partial charge in [-0.05, 0) is 23.7 Å². The van der Waals surface area contributed by atoms with Crippen LogP contribution in [0.1, 0.15) is 17.5 Å². The lowest BCUT2D eigenvalue weighted by Crippen LogP contribution is -2.45. The fraction of sp³-hybridized carbons (Fsp3) is 0.316. The smallest absolute Gasteiger partial charge is 0.311 e. The van der Waals surface area contributed by atoms with Crippen molar-refractivity contribution >= 4 is 22.6 Å². The molecule has 0 aromatic heterocycles. The lowest BCUT2D eigenvalue weighted by atomic mass is 10.0. The molecule has 0 radical (unpaired) electrons. The number of benzene rings is 2. The Hall–Kier alpha value is -2.38. The number of rotatable bonds is 4. The van der Waals surface area contributed by atoms with E-state index in [1.165, 1.54) is 12.1 Å². The highest BCUT2D eigenvalue weighted by atomic mass is 32.2. The van der Waals surface area contributed by atoms with Gasteiger partial charge in [0.25, 0.3) is 11.4 Å². The van der Waals surface area contributed by atoms with Crippen LogP contribution in [-0.4, -0.2) is 43.5 Å². The summed E-state index contributed by atoms with van der Waals surface area (Å²) in [4.78, 5) is 12.8. The number of non-ortho nitro benzene ring substituents is 1. The lowest BCUT2D eigenvalue weighted by Gasteiger charge is -2.28. The Morgan fingerprint density at radius 2 is 2.04 bits per heavy atom. The second-order valence-electron chi connectivity index (χ2n) is 6.60. The maximum Gasteiger partial charge on any atom is 0.311 e. The highest BCUT2D eigenvalue weighted by molar-refractivity contribution is 8.13. The Labute approximate surface area is 155 Å². The van der Waals surface area contributed by atoms with Gasteiger partial charge in [-0.1, -0.05) is 42.5 Å². The number of nitro groups is 1. The van der Waals surface area contributed by atoms with Gasteiger partial charge in [-0.2, -0.15) is 0 Å². The summed E-state index contributed by atoms with van der Waals surface area (Å²) in [6.45, 7) is 1.87. The fourth-order valence-electron chi connectivity index (χ4n) is 3.59. The van der Waals surface area contributed by atoms with E-state index in [1.54, 1.807) is 23.9 Å². The van der Waals surface area contributed by atoms with E-state index in [0.717, 1.165) is 29.4 Å². The molecule has 0 aliphatic carbocycles. The maximum absolute atomic E-state index is 11.6. The first-order chi connectivity index (χ1) is 12.6. The van der Waals surface area contributed by atoms with Crippen LogP contribution in [0.3, 0.4) is 0 Å². The van der Waals surface area contributed by atoms with E-state index in [2.05, 4.69) is 4.58 Å². The van der Waals surface area contributed by atoms with Crippen LogP contribution >= 0.6 is 11.8 Å². The molecular weight excluding hydrogens is 350 g/mol. The molecule has 2 aromatic carbocycles. The monoisotopic (exact) mass is 370 g/mol. The molecule has 2 aliphatic heterocycles. The number of hydrogen-bond acceptors (Lipinski definition) is 5. The largest absolute Gasteiger partial charge is 0.346 e. The third kappa shape index (κ3) is 2.97. The SMILES string of the molecule is O=[N+]([O-])c1cccc([C@]2(O)C[N+]3=C(SCCC3)N2Cc2ccccc2)c1. The molecule has 6 nitrogen and oxygen atoms in total. The minimum absolute atomic E-state index is 0.00175. The van der Waals surface area contributed by atoms with Gasteiger partial charge in [0.15, 0.2) is 6.54 Å². The van der Waals surface area contributed by atoms with Crippen LogP contribution in [0.2, 0.25) is 0 Å². The van der Waals surface area contributed by atoms with Crippen molar-refractivity contribution in [3.8, 4) is 0 Å². The number of amidine groups is 1. The number of thioether (sulfide) groups is 1. The van der Waals surface area contributed by atoms with E-state index in [1.807, 2.05) is 35.2 Å². The molecular formula is C19H20N3O3S+. The summed E-state index contributed by atoms with van der Waals surface area (Å²) in [6, 6.07) is 16.4. The van der Waals surface area contributed by atoms with E-state index >= 15 is 0 Å². The van der Waals surface area contributed by atoms with Crippen molar-refractivity contribution in [2.75, 3.05) is 18.8 Å². The van der Waals surface area contributed by atoms with Crippen LogP contribution in [0.5, 0.6) is 0 Å². The lowest BCUT2D eigenvalue weighted by molar-refractivity contribution is -0.532. The molecule has 2 aliphatic rings. The third-order valence-corrected chi connectivity index (χ3v) is 6.10. The van der Waals surface area contributed by atoms with Gasteiger partial charge in [-0.3, -0.25) is 10.1 Å². The zero-order valence-electron chi connectivity index (χ0n) is 14.2. The first-order valence-corrected chi connectivity index (χ1v) is 9.60. The third-order valence-electron chi connectivity index (χ3n) is 4.87. The topological polar surface area (TPSA) is 69.6 Å². The molecule has 0 bridgehead atoms. The highest BCUT2D eigenvalue weighted by Crippen LogP contribution is 2.38. The van der Waals surface area contributed by atoms with E-state index in [4.69, 9.17) is 0 Å². The molecule has 7 heteroatoms. The molecule has 0 unspecified atom stereocenters. The van der Waals surface area contributed by atoms with Crippen LogP contribution in [0.4, 0.5) is 5.69 Å². The van der Waals surface area contributed by atoms with E-state index in [-0.39, 0.29) is 5.69 Å². The van der Waals surface area contributed by atoms with Gasteiger partial charge < -0.3 is 5.11 Å². The van der Waals surface area contributed by atoms with Crippen LogP contribution in [-0.2, 0) is 12.3 Å². The van der Waals surface area contributed by atoms with Gasteiger partial charge in [0.1, 0.15) is 6.54 Å². The van der Waals surface area contributed by atoms with Crippen molar-refractivity contribution in [3.63, 3.8) is 0 Å². The first kappa shape index (κ1) is 17.1. The Balaban J connectivity index is 1.76. The number of hydrogen-bond donors (Lipinski definition) is 1. The zero-order chi connectivity index (χ0) is 18.1. The highest BCUT2D eigenvalue weighted by Gasteiger charge is 2.54. The summed E-state index contributed by atoms with van der Waals surface area (Å²) >= 11 is 1.74. The summed E-state index contributed by atoms with van der Waals surface area (Å²) in [5.41, 5.74) is 0.370. The molecule has 2 heterocycles. The van der Waals surface area contributed by atoms with Crippen LogP contribution in [0, 0.1) is 10.1 Å². The molecule has 0 fully saturated rings. The Morgan fingerprint density at radius 1 is 1.23 bits per heavy atom. The van der Waals surface area contributed by atoms with Gasteiger partial charge in [0.05, 0.1) is 11.5 Å². The summed E-state index contributed by atoms with van der Waals surface area (Å²) in [5, 5.41) is 23.9. The van der Waals surface area contributed by atoms with Crippen molar-refractivity contribution < 1.29 is 14.6 Å². The summed E-state index contributed by atoms with van der Waals surface area (Å²) in [7, 11) is 0. The molecule has 134 valence electrons. The number of nitro benzene ring substituents is 1. The summed E-state index contributed by atoms with van der Waals surface area (Å²) < 4.78 is 2.19. The second-order valence-corrected chi connectivity index (χ2v) is 7.66. The number of nitrogens with zero attached hydrogens (tertiary/aromatic N) is 3. The molecule has 2 aromatic rings. The van der Waals surface area contributed by atoms with Crippen LogP contribution in [0.15, 0.2) is 54.6 Å². The van der Waals surface area contributed by atoms with Crippen molar-refractivity contribution in [3.05, 3.63) is 75.8 Å². The number of aliphatic hydroxyl groups is 1. The minimum atomic E-state index is -1.28. The predicted molar refractivity (Wildman–Crippen MR) is 101 cm³/mol. The van der Waals surface area contributed by atoms with Crippen molar-refractivity contribution in [2.45, 2.75) is 18.7 Å². The summed E-state index contributed by atoms with van der Waals surface area (Å²) in [5.74, 6) is 1.02. The van der Waals surface area contributed by atoms with Crippen LogP contribution < -0.4 is 0 Å². The van der Waals surface area contributed by atoms with Gasteiger partial charge in [-0.25, -0.2) is 9.48 Å². The van der Waals surface area contributed by atoms with E-state index in [9.17, 15) is 15.2 Å². The maximum atomic E-state index is 11.6. The molecule has 4 rings (SSSR count). The van der Waals surface area contributed by atoms with Crippen LogP contribution in [0.25, 0.3) is 0 Å². The van der Waals surface area contributed by atoms with Gasteiger partial charge >= 0.3 is 5.17 Å². The standard InChI is InChI=1S/C19H20N3O3S/c23-19(16-8-4-9-17(12-16)22(24)25)14-20-10-5-11-26-18(20)21(19)13-15-6-2-1-3-7-15/h1-4,6-9,12,23H,5,10-11,13-14H2/q+1/t19-/m1/s1. The molecule has 0 amide bonds. The summed E-state index contributed by atoms with van der Waals surface area (Å²) in [6.07, 6.45) is 1.07. The normalized spacial score (nSPS) is 22.4. The molecule has 1 atom stereocenters. The second kappa shape index (κ2) is 6.74. The zero-order valence-corrected chi connectivity index (χ0v) is 15.1. The average molecular weight is 370 g/mol. The average Bonchev–Trinajstić information content (AvgIpc) is 2.96. The molecule has 0 saturated heterocycles. The fourth-order valence-corrected chi connectivity index (χ4v) is 4.76.